The highest BCUT2D eigenvalue weighted by atomic mass is 28.4. The summed E-state index contributed by atoms with van der Waals surface area (Å²) in [6, 6.07) is 20.4. The van der Waals surface area contributed by atoms with Crippen molar-refractivity contribution in [2.75, 3.05) is 13.1 Å². The van der Waals surface area contributed by atoms with Gasteiger partial charge in [0, 0.05) is 36.6 Å². The first-order chi connectivity index (χ1) is 20.8. The van der Waals surface area contributed by atoms with Crippen LogP contribution in [0, 0.1) is 0 Å². The molecule has 8 heteroatoms. The number of fused-ring (bicyclic) bond motifs is 1. The zero-order valence-electron chi connectivity index (χ0n) is 27.4. The van der Waals surface area contributed by atoms with E-state index in [0.29, 0.717) is 37.9 Å². The Morgan fingerprint density at radius 3 is 2.16 bits per heavy atom. The van der Waals surface area contributed by atoms with Crippen LogP contribution in [-0.2, 0) is 17.6 Å². The van der Waals surface area contributed by atoms with E-state index in [0.717, 1.165) is 33.7 Å². The number of pyridine rings is 1. The van der Waals surface area contributed by atoms with E-state index < -0.39 is 8.32 Å². The molecule has 0 bridgehead atoms. The number of carbonyl (C=O) groups is 1. The van der Waals surface area contributed by atoms with Crippen molar-refractivity contribution in [3.63, 3.8) is 0 Å². The van der Waals surface area contributed by atoms with Crippen molar-refractivity contribution in [1.82, 2.24) is 19.7 Å². The summed E-state index contributed by atoms with van der Waals surface area (Å²) in [5, 5.41) is 5.06. The van der Waals surface area contributed by atoms with Crippen molar-refractivity contribution in [3.05, 3.63) is 89.9 Å². The first kappa shape index (κ1) is 31.7. The van der Waals surface area contributed by atoms with E-state index in [-0.39, 0.29) is 17.0 Å². The predicted octanol–water partition coefficient (Wildman–Crippen LogP) is 8.18. The Labute approximate surface area is 263 Å². The minimum atomic E-state index is -1.96. The van der Waals surface area contributed by atoms with Gasteiger partial charge in [-0.1, -0.05) is 71.0 Å². The van der Waals surface area contributed by atoms with Crippen molar-refractivity contribution in [3.8, 4) is 28.1 Å². The largest absolute Gasteiger partial charge is 0.489 e. The van der Waals surface area contributed by atoms with Gasteiger partial charge in [-0.15, -0.1) is 0 Å². The molecule has 1 atom stereocenters. The molecule has 0 aliphatic carbocycles. The second-order valence-electron chi connectivity index (χ2n) is 13.7. The fraction of sp³-hybridized carbons (Fsp3) is 0.417. The van der Waals surface area contributed by atoms with Gasteiger partial charge in [0.25, 0.3) is 5.91 Å². The molecule has 1 aliphatic rings. The molecule has 7 nitrogen and oxygen atoms in total. The average molecular weight is 611 g/mol. The number of ether oxygens (including phenoxy) is 1. The second-order valence-corrected chi connectivity index (χ2v) is 18.4. The molecule has 1 unspecified atom stereocenters. The van der Waals surface area contributed by atoms with Gasteiger partial charge in [-0.3, -0.25) is 14.5 Å². The van der Waals surface area contributed by atoms with Crippen LogP contribution in [0.5, 0.6) is 5.75 Å². The Hall–Kier alpha value is -3.75. The predicted molar refractivity (Wildman–Crippen MR) is 179 cm³/mol. The second kappa shape index (κ2) is 12.7. The third-order valence-corrected chi connectivity index (χ3v) is 13.6. The highest BCUT2D eigenvalue weighted by Crippen LogP contribution is 2.39. The Bertz CT molecular complexity index is 1570. The SMILES string of the molecule is CC(CN1CCn2nc(-c3ccncc3)c(-c3ccc(OCc4ccc(C(C)C)cc4)cc3)c2C1=O)O[Si](C)(C)C(C)(C)C. The molecule has 4 aromatic rings. The Kier molecular flexibility index (Phi) is 9.14. The molecule has 0 radical (unpaired) electrons. The van der Waals surface area contributed by atoms with E-state index in [1.54, 1.807) is 12.4 Å². The lowest BCUT2D eigenvalue weighted by atomic mass is 9.98. The molecule has 0 fully saturated rings. The summed E-state index contributed by atoms with van der Waals surface area (Å²) in [7, 11) is -1.96. The van der Waals surface area contributed by atoms with E-state index in [1.807, 2.05) is 46.0 Å². The lowest BCUT2D eigenvalue weighted by molar-refractivity contribution is 0.0597. The zero-order valence-corrected chi connectivity index (χ0v) is 28.4. The third-order valence-electron chi connectivity index (χ3n) is 8.95. The molecular formula is C36H46N4O3Si. The van der Waals surface area contributed by atoms with Gasteiger partial charge in [0.15, 0.2) is 8.32 Å². The van der Waals surface area contributed by atoms with Crippen LogP contribution in [0.1, 0.15) is 69.1 Å². The van der Waals surface area contributed by atoms with Crippen molar-refractivity contribution in [1.29, 1.82) is 0 Å². The monoisotopic (exact) mass is 610 g/mol. The fourth-order valence-electron chi connectivity index (χ4n) is 5.38. The lowest BCUT2D eigenvalue weighted by Crippen LogP contribution is -2.49. The lowest BCUT2D eigenvalue weighted by Gasteiger charge is -2.40. The van der Waals surface area contributed by atoms with Gasteiger partial charge < -0.3 is 14.1 Å². The molecule has 3 heterocycles. The summed E-state index contributed by atoms with van der Waals surface area (Å²) < 4.78 is 14.6. The van der Waals surface area contributed by atoms with Crippen LogP contribution in [0.15, 0.2) is 73.1 Å². The first-order valence-corrected chi connectivity index (χ1v) is 18.6. The molecule has 0 saturated carbocycles. The van der Waals surface area contributed by atoms with Crippen LogP contribution in [0.3, 0.4) is 0 Å². The molecule has 0 N–H and O–H groups in total. The third kappa shape index (κ3) is 6.81. The van der Waals surface area contributed by atoms with Gasteiger partial charge in [0.05, 0.1) is 12.6 Å². The first-order valence-electron chi connectivity index (χ1n) is 15.6. The van der Waals surface area contributed by atoms with Crippen LogP contribution < -0.4 is 4.74 Å². The number of nitrogens with zero attached hydrogens (tertiary/aromatic N) is 4. The summed E-state index contributed by atoms with van der Waals surface area (Å²) in [6.07, 6.45) is 3.46. The number of amides is 1. The van der Waals surface area contributed by atoms with Crippen LogP contribution in [0.25, 0.3) is 22.4 Å². The van der Waals surface area contributed by atoms with Crippen LogP contribution in [-0.4, -0.2) is 53.1 Å². The average Bonchev–Trinajstić information content (AvgIpc) is 3.38. The van der Waals surface area contributed by atoms with E-state index >= 15 is 0 Å². The Balaban J connectivity index is 1.40. The minimum Gasteiger partial charge on any atom is -0.489 e. The number of hydrogen-bond acceptors (Lipinski definition) is 5. The number of benzene rings is 2. The van der Waals surface area contributed by atoms with E-state index in [1.165, 1.54) is 5.56 Å². The summed E-state index contributed by atoms with van der Waals surface area (Å²) in [5.74, 6) is 1.26. The molecule has 44 heavy (non-hydrogen) atoms. The van der Waals surface area contributed by atoms with Gasteiger partial charge in [0.1, 0.15) is 23.7 Å². The molecular weight excluding hydrogens is 565 g/mol. The van der Waals surface area contributed by atoms with Crippen LogP contribution in [0.2, 0.25) is 18.1 Å². The number of carbonyl (C=O) groups excluding carboxylic acids is 1. The molecule has 5 rings (SSSR count). The van der Waals surface area contributed by atoms with Crippen molar-refractivity contribution >= 4 is 14.2 Å². The highest BCUT2D eigenvalue weighted by Gasteiger charge is 2.39. The zero-order chi connectivity index (χ0) is 31.6. The number of rotatable bonds is 10. The van der Waals surface area contributed by atoms with Crippen molar-refractivity contribution in [2.24, 2.45) is 0 Å². The normalized spacial score (nSPS) is 14.6. The maximum absolute atomic E-state index is 14.1. The maximum Gasteiger partial charge on any atom is 0.272 e. The molecule has 2 aromatic heterocycles. The fourth-order valence-corrected chi connectivity index (χ4v) is 6.81. The molecule has 232 valence electrons. The van der Waals surface area contributed by atoms with Gasteiger partial charge >= 0.3 is 0 Å². The molecule has 1 amide bonds. The van der Waals surface area contributed by atoms with E-state index in [2.05, 4.69) is 83.9 Å². The van der Waals surface area contributed by atoms with Crippen LogP contribution >= 0.6 is 0 Å². The summed E-state index contributed by atoms with van der Waals surface area (Å²) in [5.41, 5.74) is 6.52. The van der Waals surface area contributed by atoms with Gasteiger partial charge in [0.2, 0.25) is 0 Å². The van der Waals surface area contributed by atoms with Crippen molar-refractivity contribution < 1.29 is 14.0 Å². The maximum atomic E-state index is 14.1. The van der Waals surface area contributed by atoms with Crippen LogP contribution in [0.4, 0.5) is 0 Å². The van der Waals surface area contributed by atoms with E-state index in [4.69, 9.17) is 14.3 Å². The minimum absolute atomic E-state index is 0.0186. The number of hydrogen-bond donors (Lipinski definition) is 0. The van der Waals surface area contributed by atoms with Gasteiger partial charge in [-0.25, -0.2) is 0 Å². The van der Waals surface area contributed by atoms with E-state index in [9.17, 15) is 4.79 Å². The smallest absolute Gasteiger partial charge is 0.272 e. The quantitative estimate of drug-likeness (QED) is 0.169. The summed E-state index contributed by atoms with van der Waals surface area (Å²) in [4.78, 5) is 20.3. The van der Waals surface area contributed by atoms with Gasteiger partial charge in [-0.05, 0) is 71.9 Å². The summed E-state index contributed by atoms with van der Waals surface area (Å²) in [6.45, 7) is 20.0. The van der Waals surface area contributed by atoms with Crippen molar-refractivity contribution in [2.45, 2.75) is 84.8 Å². The number of aromatic nitrogens is 3. The van der Waals surface area contributed by atoms with Gasteiger partial charge in [-0.2, -0.15) is 5.10 Å². The molecule has 0 saturated heterocycles. The Morgan fingerprint density at radius 1 is 0.886 bits per heavy atom. The molecule has 1 aliphatic heterocycles. The summed E-state index contributed by atoms with van der Waals surface area (Å²) >= 11 is 0. The Morgan fingerprint density at radius 2 is 1.55 bits per heavy atom. The molecule has 0 spiro atoms. The topological polar surface area (TPSA) is 69.5 Å². The standard InChI is InChI=1S/C36H46N4O3Si/c1-25(2)28-11-9-27(10-12-28)24-42-31-15-13-29(14-16-31)32-33(30-17-19-37-20-18-30)38-40-22-21-39(35(41)34(32)40)23-26(3)43-44(7,8)36(4,5)6/h9-20,25-26H,21-24H2,1-8H3. The molecule has 2 aromatic carbocycles. The highest BCUT2D eigenvalue weighted by molar-refractivity contribution is 6.74.